The third kappa shape index (κ3) is 6.83. The smallest absolute Gasteiger partial charge is 0.119 e. The Labute approximate surface area is 93.0 Å². The molecule has 0 saturated carbocycles. The monoisotopic (exact) mass is 229 g/mol. The number of rotatable bonds is 5. The summed E-state index contributed by atoms with van der Waals surface area (Å²) in [4.78, 5) is 20.6. The number of carbonyl (C=O) groups excluding carboxylic acids is 2. The van der Waals surface area contributed by atoms with Gasteiger partial charge >= 0.3 is 0 Å². The van der Waals surface area contributed by atoms with Crippen LogP contribution in [0.2, 0.25) is 0 Å². The van der Waals surface area contributed by atoms with E-state index in [9.17, 15) is 9.59 Å². The van der Waals surface area contributed by atoms with E-state index in [0.717, 1.165) is 6.29 Å². The van der Waals surface area contributed by atoms with Gasteiger partial charge in [0.2, 0.25) is 0 Å². The molecule has 61 valence electrons. The number of ketones is 1. The van der Waals surface area contributed by atoms with Gasteiger partial charge in [-0.05, 0) is 0 Å². The summed E-state index contributed by atoms with van der Waals surface area (Å²) in [5, 5.41) is 0. The maximum Gasteiger partial charge on any atom is 0.119 e. The van der Waals surface area contributed by atoms with Crippen molar-refractivity contribution >= 4 is 12.1 Å². The largest absolute Gasteiger partial charge is 0.336 e. The van der Waals surface area contributed by atoms with Crippen LogP contribution in [0.3, 0.4) is 0 Å². The van der Waals surface area contributed by atoms with E-state index in [1.165, 1.54) is 0 Å². The summed E-state index contributed by atoms with van der Waals surface area (Å²) in [7, 11) is 0. The molecule has 1 atom stereocenters. The fourth-order valence-electron chi connectivity index (χ4n) is 0.634. The second-order valence-corrected chi connectivity index (χ2v) is 2.16. The van der Waals surface area contributed by atoms with Crippen molar-refractivity contribution in [2.24, 2.45) is 5.92 Å². The molecule has 0 heterocycles. The molecule has 0 amide bonds. The van der Waals surface area contributed by atoms with E-state index in [2.05, 4.69) is 13.8 Å². The average Bonchev–Trinajstić information content (AvgIpc) is 1.98. The zero-order valence-corrected chi connectivity index (χ0v) is 9.42. The van der Waals surface area contributed by atoms with Gasteiger partial charge in [-0.25, -0.2) is 0 Å². The van der Waals surface area contributed by atoms with Crippen LogP contribution in [-0.4, -0.2) is 12.1 Å². The number of hydrogen-bond donors (Lipinski definition) is 0. The van der Waals surface area contributed by atoms with Gasteiger partial charge in [-0.15, -0.1) is 12.3 Å². The third-order valence-electron chi connectivity index (χ3n) is 1.33. The van der Waals surface area contributed by atoms with Crippen molar-refractivity contribution in [2.45, 2.75) is 19.3 Å². The predicted molar refractivity (Wildman–Crippen MR) is 39.1 cm³/mol. The van der Waals surface area contributed by atoms with Crippen molar-refractivity contribution in [3.8, 4) is 0 Å². The normalized spacial score (nSPS) is 11.5. The van der Waals surface area contributed by atoms with E-state index < -0.39 is 0 Å². The van der Waals surface area contributed by atoms with Crippen molar-refractivity contribution < 1.29 is 42.3 Å². The minimum atomic E-state index is -0.248. The van der Waals surface area contributed by atoms with Crippen molar-refractivity contribution in [1.82, 2.24) is 0 Å². The Bertz CT molecular complexity index is 123. The molecule has 0 spiro atoms. The molecule has 2 nitrogen and oxygen atoms in total. The molecule has 0 aliphatic rings. The maximum absolute atomic E-state index is 10.8. The first kappa shape index (κ1) is 14.0. The van der Waals surface area contributed by atoms with Crippen LogP contribution in [0, 0.1) is 19.8 Å². The molecule has 0 rings (SSSR count). The quantitative estimate of drug-likeness (QED) is 0.524. The molecule has 11 heavy (non-hydrogen) atoms. The Hall–Kier alpha value is 0.444. The summed E-state index contributed by atoms with van der Waals surface area (Å²) < 4.78 is 0. The molecule has 0 aromatic rings. The molecular formula is C8H12O2Y-2. The van der Waals surface area contributed by atoms with Crippen LogP contribution >= 0.6 is 0 Å². The zero-order valence-electron chi connectivity index (χ0n) is 6.58. The fraction of sp³-hybridized carbons (Fsp3) is 0.500. The van der Waals surface area contributed by atoms with Crippen molar-refractivity contribution in [2.75, 3.05) is 0 Å². The van der Waals surface area contributed by atoms with Crippen LogP contribution in [0.4, 0.5) is 0 Å². The molecule has 0 saturated heterocycles. The van der Waals surface area contributed by atoms with Gasteiger partial charge in [0.25, 0.3) is 0 Å². The summed E-state index contributed by atoms with van der Waals surface area (Å²) in [5.41, 5.74) is 0. The molecule has 0 aromatic heterocycles. The minimum Gasteiger partial charge on any atom is -0.336 e. The minimum absolute atomic E-state index is 0. The van der Waals surface area contributed by atoms with E-state index >= 15 is 0 Å². The number of Topliss-reactive ketones (excluding diaryl/α,β-unsaturated/α-hetero) is 1. The Morgan fingerprint density at radius 2 is 2.09 bits per heavy atom. The topological polar surface area (TPSA) is 34.1 Å². The van der Waals surface area contributed by atoms with Gasteiger partial charge in [0, 0.05) is 39.1 Å². The molecule has 0 N–H and O–H groups in total. The molecule has 3 heteroatoms. The molecule has 1 unspecified atom stereocenters. The first-order valence-electron chi connectivity index (χ1n) is 3.31. The van der Waals surface area contributed by atoms with E-state index in [1.54, 1.807) is 0 Å². The second-order valence-electron chi connectivity index (χ2n) is 2.16. The van der Waals surface area contributed by atoms with E-state index in [0.29, 0.717) is 12.8 Å². The molecule has 0 aromatic carbocycles. The summed E-state index contributed by atoms with van der Waals surface area (Å²) in [6, 6.07) is 0. The van der Waals surface area contributed by atoms with Crippen LogP contribution in [0.15, 0.2) is 0 Å². The molecule has 0 bridgehead atoms. The predicted octanol–water partition coefficient (Wildman–Crippen LogP) is 1.21. The SMILES string of the molecule is [CH2-]CC(=O)C([CH2-])CCC=O.[Y]. The first-order valence-corrected chi connectivity index (χ1v) is 3.31. The average molecular weight is 229 g/mol. The number of aldehydes is 1. The van der Waals surface area contributed by atoms with Crippen LogP contribution in [-0.2, 0) is 42.3 Å². The standard InChI is InChI=1S/C8H12O2.Y/c1-3-8(10)7(2)5-4-6-9;/h6-7H,1-5H2;/q-2;. The van der Waals surface area contributed by atoms with Gasteiger partial charge in [0.05, 0.1) is 5.78 Å². The zero-order chi connectivity index (χ0) is 7.98. The maximum atomic E-state index is 10.8. The van der Waals surface area contributed by atoms with Gasteiger partial charge < -0.3 is 23.4 Å². The molecule has 0 aliphatic carbocycles. The third-order valence-corrected chi connectivity index (χ3v) is 1.33. The van der Waals surface area contributed by atoms with Crippen molar-refractivity contribution in [3.05, 3.63) is 13.8 Å². The van der Waals surface area contributed by atoms with Crippen LogP contribution in [0.5, 0.6) is 0 Å². The van der Waals surface area contributed by atoms with E-state index in [1.807, 2.05) is 0 Å². The van der Waals surface area contributed by atoms with Gasteiger partial charge in [0.1, 0.15) is 6.29 Å². The Morgan fingerprint density at radius 1 is 1.55 bits per heavy atom. The first-order chi connectivity index (χ1) is 4.72. The summed E-state index contributed by atoms with van der Waals surface area (Å²) in [6.45, 7) is 7.03. The number of carbonyl (C=O) groups is 2. The van der Waals surface area contributed by atoms with Gasteiger partial charge in [-0.2, -0.15) is 0 Å². The van der Waals surface area contributed by atoms with Crippen LogP contribution < -0.4 is 0 Å². The molecule has 0 aliphatic heterocycles. The van der Waals surface area contributed by atoms with E-state index in [-0.39, 0.29) is 50.8 Å². The van der Waals surface area contributed by atoms with Crippen LogP contribution in [0.1, 0.15) is 19.3 Å². The fourth-order valence-corrected chi connectivity index (χ4v) is 0.634. The van der Waals surface area contributed by atoms with Crippen molar-refractivity contribution in [1.29, 1.82) is 0 Å². The summed E-state index contributed by atoms with van der Waals surface area (Å²) in [6.07, 6.45) is 2.04. The Balaban J connectivity index is 0. The second kappa shape index (κ2) is 8.54. The Morgan fingerprint density at radius 3 is 2.45 bits per heavy atom. The van der Waals surface area contributed by atoms with E-state index in [4.69, 9.17) is 0 Å². The van der Waals surface area contributed by atoms with Gasteiger partial charge in [-0.1, -0.05) is 6.42 Å². The summed E-state index contributed by atoms with van der Waals surface area (Å²) in [5.74, 6) is -0.218. The summed E-state index contributed by atoms with van der Waals surface area (Å²) >= 11 is 0. The molecule has 1 radical (unpaired) electrons. The molecular weight excluding hydrogens is 217 g/mol. The van der Waals surface area contributed by atoms with Crippen LogP contribution in [0.25, 0.3) is 0 Å². The Kier molecular flexibility index (Phi) is 10.9. The van der Waals surface area contributed by atoms with Crippen molar-refractivity contribution in [3.63, 3.8) is 0 Å². The molecule has 0 fully saturated rings. The number of hydrogen-bond acceptors (Lipinski definition) is 2. The van der Waals surface area contributed by atoms with Gasteiger partial charge in [-0.3, -0.25) is 0 Å². The van der Waals surface area contributed by atoms with Gasteiger partial charge in [0.15, 0.2) is 0 Å².